The van der Waals surface area contributed by atoms with Gasteiger partial charge in [-0.05, 0) is 48.4 Å². The van der Waals surface area contributed by atoms with E-state index in [2.05, 4.69) is 20.9 Å². The minimum Gasteiger partial charge on any atom is -0.312 e. The lowest BCUT2D eigenvalue weighted by Gasteiger charge is -2.18. The zero-order chi connectivity index (χ0) is 14.7. The largest absolute Gasteiger partial charge is 0.323 e. The van der Waals surface area contributed by atoms with Crippen LogP contribution in [-0.4, -0.2) is 17.6 Å². The Kier molecular flexibility index (Phi) is 5.60. The first kappa shape index (κ1) is 16.5. The van der Waals surface area contributed by atoms with Crippen LogP contribution in [0.1, 0.15) is 11.1 Å². The molecule has 1 aromatic carbocycles. The van der Waals surface area contributed by atoms with Crippen molar-refractivity contribution >= 4 is 41.4 Å². The predicted octanol–water partition coefficient (Wildman–Crippen LogP) is 3.45. The molecule has 2 aromatic rings. The molecule has 5 nitrogen and oxygen atoms in total. The first-order valence-corrected chi connectivity index (χ1v) is 7.10. The number of hydrogen-bond donors (Lipinski definition) is 3. The predicted molar refractivity (Wildman–Crippen MR) is 91.0 cm³/mol. The van der Waals surface area contributed by atoms with Crippen LogP contribution in [0.5, 0.6) is 0 Å². The molecule has 0 bridgehead atoms. The highest BCUT2D eigenvalue weighted by atomic mass is 35.5. The van der Waals surface area contributed by atoms with Gasteiger partial charge in [0.05, 0.1) is 11.9 Å². The molecule has 0 saturated carbocycles. The highest BCUT2D eigenvalue weighted by Crippen LogP contribution is 2.19. The second kappa shape index (κ2) is 7.45. The minimum absolute atomic E-state index is 0. The number of carbonyl (C=O) groups excluding carboxylic acids is 1. The van der Waals surface area contributed by atoms with Crippen molar-refractivity contribution in [3.05, 3.63) is 52.8 Å². The Hall–Kier alpha value is -1.82. The number of halogens is 2. The molecule has 1 aromatic heterocycles. The topological polar surface area (TPSA) is 66.0 Å². The molecule has 2 heterocycles. The lowest BCUT2D eigenvalue weighted by molar-refractivity contribution is 0.262. The highest BCUT2D eigenvalue weighted by Gasteiger charge is 2.10. The number of benzene rings is 1. The standard InChI is InChI=1S/C15H15ClN4O.ClH/c16-14-4-3-13(9-18-14)20-15(21)19-12-2-1-11-8-17-6-5-10(11)7-12;/h1-4,7,9,17H,5-6,8H2,(H2,19,20,21);1H. The number of nitrogens with zero attached hydrogens (tertiary/aromatic N) is 1. The van der Waals surface area contributed by atoms with Crippen molar-refractivity contribution in [3.63, 3.8) is 0 Å². The van der Waals surface area contributed by atoms with Crippen LogP contribution < -0.4 is 16.0 Å². The molecule has 0 saturated heterocycles. The number of pyridine rings is 1. The van der Waals surface area contributed by atoms with Crippen LogP contribution >= 0.6 is 24.0 Å². The average molecular weight is 339 g/mol. The number of aromatic nitrogens is 1. The van der Waals surface area contributed by atoms with Crippen molar-refractivity contribution in [2.24, 2.45) is 0 Å². The average Bonchev–Trinajstić information content (AvgIpc) is 2.49. The molecule has 7 heteroatoms. The smallest absolute Gasteiger partial charge is 0.312 e. The third-order valence-corrected chi connectivity index (χ3v) is 3.56. The maximum Gasteiger partial charge on any atom is 0.323 e. The molecule has 0 atom stereocenters. The number of carbonyl (C=O) groups is 1. The number of fused-ring (bicyclic) bond motifs is 1. The van der Waals surface area contributed by atoms with Gasteiger partial charge in [0.15, 0.2) is 0 Å². The van der Waals surface area contributed by atoms with Crippen molar-refractivity contribution in [1.82, 2.24) is 10.3 Å². The van der Waals surface area contributed by atoms with Crippen LogP contribution in [0.2, 0.25) is 5.15 Å². The highest BCUT2D eigenvalue weighted by molar-refractivity contribution is 6.29. The summed E-state index contributed by atoms with van der Waals surface area (Å²) in [5.41, 5.74) is 3.95. The Labute approximate surface area is 139 Å². The molecule has 0 unspecified atom stereocenters. The maximum atomic E-state index is 11.9. The fourth-order valence-corrected chi connectivity index (χ4v) is 2.41. The summed E-state index contributed by atoms with van der Waals surface area (Å²) in [6.45, 7) is 1.86. The lowest BCUT2D eigenvalue weighted by Crippen LogP contribution is -2.24. The summed E-state index contributed by atoms with van der Waals surface area (Å²) in [5, 5.41) is 9.25. The van der Waals surface area contributed by atoms with Gasteiger partial charge in [0.1, 0.15) is 5.15 Å². The SMILES string of the molecule is Cl.O=C(Nc1ccc(Cl)nc1)Nc1ccc2c(c1)CCNC2. The number of urea groups is 1. The van der Waals surface area contributed by atoms with Gasteiger partial charge in [-0.15, -0.1) is 12.4 Å². The van der Waals surface area contributed by atoms with Gasteiger partial charge in [0, 0.05) is 12.2 Å². The van der Waals surface area contributed by atoms with E-state index in [-0.39, 0.29) is 18.4 Å². The summed E-state index contributed by atoms with van der Waals surface area (Å²) >= 11 is 5.70. The van der Waals surface area contributed by atoms with Gasteiger partial charge in [0.2, 0.25) is 0 Å². The van der Waals surface area contributed by atoms with Gasteiger partial charge < -0.3 is 16.0 Å². The van der Waals surface area contributed by atoms with Crippen molar-refractivity contribution < 1.29 is 4.79 Å². The van der Waals surface area contributed by atoms with E-state index < -0.39 is 0 Å². The van der Waals surface area contributed by atoms with E-state index in [1.807, 2.05) is 18.2 Å². The third-order valence-electron chi connectivity index (χ3n) is 3.34. The fourth-order valence-electron chi connectivity index (χ4n) is 2.30. The molecule has 3 rings (SSSR count). The molecule has 1 aliphatic heterocycles. The molecule has 1 aliphatic rings. The van der Waals surface area contributed by atoms with E-state index in [1.165, 1.54) is 17.3 Å². The van der Waals surface area contributed by atoms with E-state index in [1.54, 1.807) is 12.1 Å². The molecule has 0 radical (unpaired) electrons. The molecule has 0 spiro atoms. The summed E-state index contributed by atoms with van der Waals surface area (Å²) in [6, 6.07) is 9.01. The van der Waals surface area contributed by atoms with Gasteiger partial charge in [-0.25, -0.2) is 9.78 Å². The maximum absolute atomic E-state index is 11.9. The Morgan fingerprint density at radius 3 is 2.68 bits per heavy atom. The third kappa shape index (κ3) is 4.10. The molecule has 22 heavy (non-hydrogen) atoms. The second-order valence-corrected chi connectivity index (χ2v) is 5.25. The van der Waals surface area contributed by atoms with Gasteiger partial charge >= 0.3 is 6.03 Å². The van der Waals surface area contributed by atoms with E-state index in [4.69, 9.17) is 11.6 Å². The van der Waals surface area contributed by atoms with Gasteiger partial charge in [0.25, 0.3) is 0 Å². The molecular weight excluding hydrogens is 323 g/mol. The Morgan fingerprint density at radius 2 is 1.91 bits per heavy atom. The normalized spacial score (nSPS) is 12.8. The minimum atomic E-state index is -0.298. The molecule has 0 aliphatic carbocycles. The van der Waals surface area contributed by atoms with Gasteiger partial charge in [-0.1, -0.05) is 17.7 Å². The molecule has 116 valence electrons. The number of nitrogens with one attached hydrogen (secondary N) is 3. The first-order chi connectivity index (χ1) is 10.2. The Balaban J connectivity index is 0.00000176. The summed E-state index contributed by atoms with van der Waals surface area (Å²) in [6.07, 6.45) is 2.49. The molecule has 2 amide bonds. The van der Waals surface area contributed by atoms with E-state index in [0.29, 0.717) is 10.8 Å². The molecular formula is C15H16Cl2N4O. The zero-order valence-electron chi connectivity index (χ0n) is 11.7. The van der Waals surface area contributed by atoms with Crippen LogP contribution in [0.3, 0.4) is 0 Å². The summed E-state index contributed by atoms with van der Waals surface area (Å²) in [7, 11) is 0. The van der Waals surface area contributed by atoms with Crippen LogP contribution in [0, 0.1) is 0 Å². The fraction of sp³-hybridized carbons (Fsp3) is 0.200. The van der Waals surface area contributed by atoms with Crippen LogP contribution in [0.15, 0.2) is 36.5 Å². The van der Waals surface area contributed by atoms with Gasteiger partial charge in [-0.2, -0.15) is 0 Å². The van der Waals surface area contributed by atoms with Crippen molar-refractivity contribution in [3.8, 4) is 0 Å². The van der Waals surface area contributed by atoms with E-state index in [0.717, 1.165) is 25.2 Å². The van der Waals surface area contributed by atoms with Crippen molar-refractivity contribution in [2.75, 3.05) is 17.2 Å². The second-order valence-electron chi connectivity index (χ2n) is 4.86. The first-order valence-electron chi connectivity index (χ1n) is 6.73. The van der Waals surface area contributed by atoms with Crippen LogP contribution in [0.25, 0.3) is 0 Å². The number of amides is 2. The zero-order valence-corrected chi connectivity index (χ0v) is 13.3. The Bertz CT molecular complexity index is 661. The number of anilines is 2. The van der Waals surface area contributed by atoms with E-state index in [9.17, 15) is 4.79 Å². The summed E-state index contributed by atoms with van der Waals surface area (Å²) in [4.78, 5) is 15.9. The number of hydrogen-bond acceptors (Lipinski definition) is 3. The monoisotopic (exact) mass is 338 g/mol. The number of rotatable bonds is 2. The summed E-state index contributed by atoms with van der Waals surface area (Å²) in [5.74, 6) is 0. The summed E-state index contributed by atoms with van der Waals surface area (Å²) < 4.78 is 0. The van der Waals surface area contributed by atoms with E-state index >= 15 is 0 Å². The van der Waals surface area contributed by atoms with Crippen molar-refractivity contribution in [2.45, 2.75) is 13.0 Å². The lowest BCUT2D eigenvalue weighted by atomic mass is 10.0. The molecule has 3 N–H and O–H groups in total. The Morgan fingerprint density at radius 1 is 1.14 bits per heavy atom. The van der Waals surface area contributed by atoms with Crippen LogP contribution in [-0.2, 0) is 13.0 Å². The van der Waals surface area contributed by atoms with Crippen molar-refractivity contribution in [1.29, 1.82) is 0 Å². The molecule has 0 fully saturated rings. The van der Waals surface area contributed by atoms with Crippen LogP contribution in [0.4, 0.5) is 16.2 Å². The van der Waals surface area contributed by atoms with Gasteiger partial charge in [-0.3, -0.25) is 0 Å². The quantitative estimate of drug-likeness (QED) is 0.734.